The van der Waals surface area contributed by atoms with Crippen molar-refractivity contribution < 1.29 is 4.79 Å². The molecule has 0 bridgehead atoms. The van der Waals surface area contributed by atoms with E-state index in [4.69, 9.17) is 5.73 Å². The molecule has 0 saturated heterocycles. The van der Waals surface area contributed by atoms with Gasteiger partial charge in [-0.2, -0.15) is 5.10 Å². The predicted octanol–water partition coefficient (Wildman–Crippen LogP) is -0.286. The summed E-state index contributed by atoms with van der Waals surface area (Å²) in [5, 5.41) is 3.81. The third-order valence-corrected chi connectivity index (χ3v) is 1.47. The predicted molar refractivity (Wildman–Crippen MR) is 38.5 cm³/mol. The molecule has 1 rings (SSSR count). The van der Waals surface area contributed by atoms with Crippen molar-refractivity contribution in [2.45, 2.75) is 19.4 Å². The first-order valence-corrected chi connectivity index (χ1v) is 3.39. The van der Waals surface area contributed by atoms with Crippen LogP contribution >= 0.6 is 0 Å². The van der Waals surface area contributed by atoms with Crippen LogP contribution in [0.2, 0.25) is 0 Å². The van der Waals surface area contributed by atoms with Crippen LogP contribution in [0.5, 0.6) is 0 Å². The molecule has 1 unspecified atom stereocenters. The molecule has 0 aliphatic heterocycles. The van der Waals surface area contributed by atoms with Crippen LogP contribution in [0.4, 0.5) is 0 Å². The molecule has 60 valence electrons. The van der Waals surface area contributed by atoms with Crippen LogP contribution in [-0.2, 0) is 4.79 Å². The number of amides is 1. The molecule has 2 N–H and O–H groups in total. The number of aromatic nitrogens is 3. The summed E-state index contributed by atoms with van der Waals surface area (Å²) < 4.78 is 1.46. The van der Waals surface area contributed by atoms with Gasteiger partial charge in [-0.1, -0.05) is 6.92 Å². The Morgan fingerprint density at radius 2 is 2.55 bits per heavy atom. The lowest BCUT2D eigenvalue weighted by atomic mass is 10.2. The molecule has 1 aromatic rings. The highest BCUT2D eigenvalue weighted by Gasteiger charge is 2.14. The Morgan fingerprint density at radius 3 is 2.91 bits per heavy atom. The number of carbonyl (C=O) groups is 1. The van der Waals surface area contributed by atoms with Gasteiger partial charge in [-0.05, 0) is 6.42 Å². The Morgan fingerprint density at radius 1 is 1.82 bits per heavy atom. The van der Waals surface area contributed by atoms with Crippen molar-refractivity contribution in [3.63, 3.8) is 0 Å². The Labute approximate surface area is 64.2 Å². The quantitative estimate of drug-likeness (QED) is 0.650. The number of hydrogen-bond donors (Lipinski definition) is 1. The van der Waals surface area contributed by atoms with Gasteiger partial charge in [0.05, 0.1) is 0 Å². The van der Waals surface area contributed by atoms with Gasteiger partial charge in [0.25, 0.3) is 0 Å². The highest BCUT2D eigenvalue weighted by Crippen LogP contribution is 2.06. The van der Waals surface area contributed by atoms with Crippen LogP contribution in [0.1, 0.15) is 19.4 Å². The first kappa shape index (κ1) is 7.71. The summed E-state index contributed by atoms with van der Waals surface area (Å²) in [6.45, 7) is 1.87. The summed E-state index contributed by atoms with van der Waals surface area (Å²) >= 11 is 0. The molecule has 1 aromatic heterocycles. The minimum Gasteiger partial charge on any atom is -0.368 e. The minimum absolute atomic E-state index is 0.363. The van der Waals surface area contributed by atoms with Crippen molar-refractivity contribution in [3.8, 4) is 0 Å². The van der Waals surface area contributed by atoms with E-state index >= 15 is 0 Å². The van der Waals surface area contributed by atoms with Crippen LogP contribution in [0, 0.1) is 0 Å². The zero-order valence-corrected chi connectivity index (χ0v) is 6.27. The second-order valence-electron chi connectivity index (χ2n) is 2.20. The van der Waals surface area contributed by atoms with E-state index in [9.17, 15) is 4.79 Å². The molecule has 0 spiro atoms. The van der Waals surface area contributed by atoms with Gasteiger partial charge in [0.15, 0.2) is 0 Å². The Kier molecular flexibility index (Phi) is 2.20. The summed E-state index contributed by atoms with van der Waals surface area (Å²) in [4.78, 5) is 14.5. The fourth-order valence-corrected chi connectivity index (χ4v) is 0.897. The zero-order valence-electron chi connectivity index (χ0n) is 6.27. The Hall–Kier alpha value is -1.39. The molecule has 0 radical (unpaired) electrons. The largest absolute Gasteiger partial charge is 0.368 e. The normalized spacial score (nSPS) is 12.8. The lowest BCUT2D eigenvalue weighted by molar-refractivity contribution is -0.121. The van der Waals surface area contributed by atoms with Crippen molar-refractivity contribution in [2.75, 3.05) is 0 Å². The maximum absolute atomic E-state index is 10.8. The number of nitrogens with two attached hydrogens (primary N) is 1. The van der Waals surface area contributed by atoms with Crippen LogP contribution < -0.4 is 5.73 Å². The van der Waals surface area contributed by atoms with Crippen LogP contribution in [0.15, 0.2) is 12.7 Å². The van der Waals surface area contributed by atoms with Gasteiger partial charge in [-0.15, -0.1) is 0 Å². The third kappa shape index (κ3) is 1.54. The summed E-state index contributed by atoms with van der Waals surface area (Å²) in [7, 11) is 0. The molecule has 1 amide bonds. The molecule has 5 heteroatoms. The van der Waals surface area contributed by atoms with Gasteiger partial charge < -0.3 is 5.73 Å². The lowest BCUT2D eigenvalue weighted by Gasteiger charge is -2.08. The topological polar surface area (TPSA) is 73.8 Å². The van der Waals surface area contributed by atoms with Crippen LogP contribution in [0.3, 0.4) is 0 Å². The van der Waals surface area contributed by atoms with Gasteiger partial charge in [0, 0.05) is 0 Å². The molecule has 0 aliphatic rings. The van der Waals surface area contributed by atoms with E-state index < -0.39 is 0 Å². The molecule has 1 atom stereocenters. The molecule has 0 aromatic carbocycles. The van der Waals surface area contributed by atoms with Crippen molar-refractivity contribution in [1.82, 2.24) is 14.8 Å². The van der Waals surface area contributed by atoms with E-state index in [1.807, 2.05) is 6.92 Å². The maximum atomic E-state index is 10.8. The molecule has 0 aliphatic carbocycles. The van der Waals surface area contributed by atoms with Crippen molar-refractivity contribution >= 4 is 5.91 Å². The monoisotopic (exact) mass is 154 g/mol. The lowest BCUT2D eigenvalue weighted by Crippen LogP contribution is -2.26. The molecular formula is C6H10N4O. The van der Waals surface area contributed by atoms with Gasteiger partial charge in [0.2, 0.25) is 5.91 Å². The summed E-state index contributed by atoms with van der Waals surface area (Å²) in [6.07, 6.45) is 3.50. The second-order valence-corrected chi connectivity index (χ2v) is 2.20. The third-order valence-electron chi connectivity index (χ3n) is 1.47. The van der Waals surface area contributed by atoms with E-state index in [-0.39, 0.29) is 11.9 Å². The SMILES string of the molecule is CCC(C(N)=O)n1cncn1. The molecule has 0 saturated carbocycles. The number of hydrogen-bond acceptors (Lipinski definition) is 3. The fraction of sp³-hybridized carbons (Fsp3) is 0.500. The summed E-state index contributed by atoms with van der Waals surface area (Å²) in [5.74, 6) is -0.377. The second kappa shape index (κ2) is 3.14. The number of primary amides is 1. The highest BCUT2D eigenvalue weighted by atomic mass is 16.1. The fourth-order valence-electron chi connectivity index (χ4n) is 0.897. The smallest absolute Gasteiger partial charge is 0.242 e. The molecule has 11 heavy (non-hydrogen) atoms. The number of nitrogens with zero attached hydrogens (tertiary/aromatic N) is 3. The average molecular weight is 154 g/mol. The van der Waals surface area contributed by atoms with E-state index in [0.29, 0.717) is 6.42 Å². The molecule has 1 heterocycles. The maximum Gasteiger partial charge on any atom is 0.242 e. The average Bonchev–Trinajstić information content (AvgIpc) is 2.40. The van der Waals surface area contributed by atoms with Gasteiger partial charge in [0.1, 0.15) is 18.7 Å². The summed E-state index contributed by atoms with van der Waals surface area (Å²) in [5.41, 5.74) is 5.11. The van der Waals surface area contributed by atoms with Crippen molar-refractivity contribution in [2.24, 2.45) is 5.73 Å². The Balaban J connectivity index is 2.79. The van der Waals surface area contributed by atoms with Crippen LogP contribution in [0.25, 0.3) is 0 Å². The molecule has 0 fully saturated rings. The highest BCUT2D eigenvalue weighted by molar-refractivity contribution is 5.78. The zero-order chi connectivity index (χ0) is 8.27. The summed E-state index contributed by atoms with van der Waals surface area (Å²) in [6, 6.07) is -0.363. The van der Waals surface area contributed by atoms with Gasteiger partial charge in [-0.3, -0.25) is 4.79 Å². The first-order chi connectivity index (χ1) is 5.25. The molecular weight excluding hydrogens is 144 g/mol. The minimum atomic E-state index is -0.377. The van der Waals surface area contributed by atoms with Gasteiger partial charge >= 0.3 is 0 Å². The van der Waals surface area contributed by atoms with E-state index in [1.165, 1.54) is 17.3 Å². The van der Waals surface area contributed by atoms with Crippen molar-refractivity contribution in [3.05, 3.63) is 12.7 Å². The molecule has 5 nitrogen and oxygen atoms in total. The van der Waals surface area contributed by atoms with Crippen LogP contribution in [-0.4, -0.2) is 20.7 Å². The van der Waals surface area contributed by atoms with Gasteiger partial charge in [-0.25, -0.2) is 9.67 Å². The first-order valence-electron chi connectivity index (χ1n) is 3.39. The van der Waals surface area contributed by atoms with Crippen molar-refractivity contribution in [1.29, 1.82) is 0 Å². The Bertz CT molecular complexity index is 231. The van der Waals surface area contributed by atoms with E-state index in [0.717, 1.165) is 0 Å². The number of carbonyl (C=O) groups excluding carboxylic acids is 1. The standard InChI is InChI=1S/C6H10N4O/c1-2-5(6(7)11)10-4-8-3-9-10/h3-5H,2H2,1H3,(H2,7,11). The van der Waals surface area contributed by atoms with E-state index in [1.54, 1.807) is 0 Å². The number of rotatable bonds is 3. The van der Waals surface area contributed by atoms with E-state index in [2.05, 4.69) is 10.1 Å².